The fourth-order valence-electron chi connectivity index (χ4n) is 1.95. The van der Waals surface area contributed by atoms with E-state index in [-0.39, 0.29) is 6.04 Å². The number of nitrogens with two attached hydrogens (primary N) is 1. The molecular weight excluding hydrogens is 240 g/mol. The SMILES string of the molecule is CCOc1cccc(NC(C)Cn2cccn2)c1N. The van der Waals surface area contributed by atoms with Gasteiger partial charge in [-0.2, -0.15) is 5.10 Å². The van der Waals surface area contributed by atoms with E-state index in [1.54, 1.807) is 6.20 Å². The number of benzene rings is 1. The molecule has 2 aromatic rings. The summed E-state index contributed by atoms with van der Waals surface area (Å²) in [6, 6.07) is 7.90. The summed E-state index contributed by atoms with van der Waals surface area (Å²) in [5.74, 6) is 0.721. The largest absolute Gasteiger partial charge is 0.492 e. The molecule has 0 aliphatic heterocycles. The fraction of sp³-hybridized carbons (Fsp3) is 0.357. The van der Waals surface area contributed by atoms with Crippen LogP contribution < -0.4 is 15.8 Å². The van der Waals surface area contributed by atoms with Gasteiger partial charge < -0.3 is 15.8 Å². The number of hydrogen-bond acceptors (Lipinski definition) is 4. The minimum Gasteiger partial charge on any atom is -0.492 e. The van der Waals surface area contributed by atoms with Gasteiger partial charge in [-0.3, -0.25) is 4.68 Å². The summed E-state index contributed by atoms with van der Waals surface area (Å²) in [6.07, 6.45) is 3.72. The second-order valence-electron chi connectivity index (χ2n) is 4.42. The average molecular weight is 260 g/mol. The van der Waals surface area contributed by atoms with Crippen molar-refractivity contribution in [2.45, 2.75) is 26.4 Å². The van der Waals surface area contributed by atoms with Gasteiger partial charge in [0.15, 0.2) is 0 Å². The highest BCUT2D eigenvalue weighted by atomic mass is 16.5. The van der Waals surface area contributed by atoms with Crippen molar-refractivity contribution < 1.29 is 4.74 Å². The number of nitrogens with one attached hydrogen (secondary N) is 1. The summed E-state index contributed by atoms with van der Waals surface area (Å²) in [6.45, 7) is 5.43. The van der Waals surface area contributed by atoms with Gasteiger partial charge in [-0.05, 0) is 32.0 Å². The van der Waals surface area contributed by atoms with Crippen molar-refractivity contribution in [1.82, 2.24) is 9.78 Å². The van der Waals surface area contributed by atoms with E-state index in [2.05, 4.69) is 17.3 Å². The molecule has 3 N–H and O–H groups in total. The summed E-state index contributed by atoms with van der Waals surface area (Å²) in [7, 11) is 0. The molecule has 1 unspecified atom stereocenters. The number of ether oxygens (including phenoxy) is 1. The van der Waals surface area contributed by atoms with Crippen LogP contribution in [0.25, 0.3) is 0 Å². The maximum Gasteiger partial charge on any atom is 0.144 e. The van der Waals surface area contributed by atoms with E-state index in [1.807, 2.05) is 42.1 Å². The first-order valence-electron chi connectivity index (χ1n) is 6.46. The minimum absolute atomic E-state index is 0.221. The van der Waals surface area contributed by atoms with E-state index in [9.17, 15) is 0 Å². The van der Waals surface area contributed by atoms with E-state index in [4.69, 9.17) is 10.5 Å². The summed E-state index contributed by atoms with van der Waals surface area (Å²) in [5.41, 5.74) is 7.62. The van der Waals surface area contributed by atoms with E-state index in [0.29, 0.717) is 12.3 Å². The van der Waals surface area contributed by atoms with Gasteiger partial charge >= 0.3 is 0 Å². The zero-order valence-electron chi connectivity index (χ0n) is 11.3. The molecule has 1 aromatic carbocycles. The van der Waals surface area contributed by atoms with E-state index in [0.717, 1.165) is 18.0 Å². The maximum absolute atomic E-state index is 6.08. The molecule has 1 heterocycles. The van der Waals surface area contributed by atoms with Crippen LogP contribution in [-0.4, -0.2) is 22.4 Å². The van der Waals surface area contributed by atoms with Crippen molar-refractivity contribution in [2.24, 2.45) is 0 Å². The molecule has 0 spiro atoms. The molecule has 0 bridgehead atoms. The number of aromatic nitrogens is 2. The number of nitrogen functional groups attached to an aromatic ring is 1. The van der Waals surface area contributed by atoms with Crippen molar-refractivity contribution >= 4 is 11.4 Å². The molecule has 0 aliphatic carbocycles. The van der Waals surface area contributed by atoms with Crippen LogP contribution in [0.4, 0.5) is 11.4 Å². The van der Waals surface area contributed by atoms with Gasteiger partial charge in [-0.15, -0.1) is 0 Å². The number of para-hydroxylation sites is 1. The second-order valence-corrected chi connectivity index (χ2v) is 4.42. The molecule has 0 amide bonds. The number of rotatable bonds is 6. The first-order chi connectivity index (χ1) is 9.20. The Labute approximate surface area is 113 Å². The van der Waals surface area contributed by atoms with Crippen molar-refractivity contribution in [3.63, 3.8) is 0 Å². The van der Waals surface area contributed by atoms with E-state index < -0.39 is 0 Å². The molecular formula is C14H20N4O. The Kier molecular flexibility index (Phi) is 4.28. The third-order valence-electron chi connectivity index (χ3n) is 2.79. The van der Waals surface area contributed by atoms with Crippen molar-refractivity contribution in [1.29, 1.82) is 0 Å². The molecule has 2 rings (SSSR count). The summed E-state index contributed by atoms with van der Waals surface area (Å²) < 4.78 is 7.37. The zero-order chi connectivity index (χ0) is 13.7. The zero-order valence-corrected chi connectivity index (χ0v) is 11.3. The molecule has 0 radical (unpaired) electrons. The minimum atomic E-state index is 0.221. The van der Waals surface area contributed by atoms with Gasteiger partial charge in [0.2, 0.25) is 0 Å². The molecule has 1 aromatic heterocycles. The highest BCUT2D eigenvalue weighted by Gasteiger charge is 2.09. The third kappa shape index (κ3) is 3.40. The van der Waals surface area contributed by atoms with Crippen LogP contribution in [0.3, 0.4) is 0 Å². The molecule has 5 heteroatoms. The monoisotopic (exact) mass is 260 g/mol. The summed E-state index contributed by atoms with van der Waals surface area (Å²) >= 11 is 0. The van der Waals surface area contributed by atoms with Crippen LogP contribution in [0.15, 0.2) is 36.7 Å². The van der Waals surface area contributed by atoms with E-state index >= 15 is 0 Å². The Hall–Kier alpha value is -2.17. The maximum atomic E-state index is 6.08. The smallest absolute Gasteiger partial charge is 0.144 e. The summed E-state index contributed by atoms with van der Waals surface area (Å²) in [5, 5.41) is 7.57. The molecule has 0 aliphatic rings. The van der Waals surface area contributed by atoms with Crippen LogP contribution in [0.1, 0.15) is 13.8 Å². The first kappa shape index (κ1) is 13.3. The van der Waals surface area contributed by atoms with Gasteiger partial charge in [0.1, 0.15) is 5.75 Å². The molecule has 102 valence electrons. The van der Waals surface area contributed by atoms with Crippen LogP contribution >= 0.6 is 0 Å². The standard InChI is InChI=1S/C14H20N4O/c1-3-19-13-7-4-6-12(14(13)15)17-11(2)10-18-9-5-8-16-18/h4-9,11,17H,3,10,15H2,1-2H3. The quantitative estimate of drug-likeness (QED) is 0.783. The molecule has 1 atom stereocenters. The highest BCUT2D eigenvalue weighted by molar-refractivity contribution is 5.73. The Balaban J connectivity index is 2.04. The van der Waals surface area contributed by atoms with Gasteiger partial charge in [-0.1, -0.05) is 6.07 Å². The van der Waals surface area contributed by atoms with Crippen LogP contribution in [0.2, 0.25) is 0 Å². The molecule has 0 saturated carbocycles. The topological polar surface area (TPSA) is 65.1 Å². The van der Waals surface area contributed by atoms with Crippen molar-refractivity contribution in [2.75, 3.05) is 17.7 Å². The third-order valence-corrected chi connectivity index (χ3v) is 2.79. The van der Waals surface area contributed by atoms with Crippen LogP contribution in [0.5, 0.6) is 5.75 Å². The number of hydrogen-bond donors (Lipinski definition) is 2. The molecule has 19 heavy (non-hydrogen) atoms. The first-order valence-corrected chi connectivity index (χ1v) is 6.46. The van der Waals surface area contributed by atoms with Gasteiger partial charge in [0, 0.05) is 18.4 Å². The van der Waals surface area contributed by atoms with Gasteiger partial charge in [0.25, 0.3) is 0 Å². The predicted octanol–water partition coefficient (Wildman–Crippen LogP) is 2.36. The lowest BCUT2D eigenvalue weighted by Crippen LogP contribution is -2.22. The van der Waals surface area contributed by atoms with Crippen molar-refractivity contribution in [3.8, 4) is 5.75 Å². The van der Waals surface area contributed by atoms with Crippen LogP contribution in [-0.2, 0) is 6.54 Å². The summed E-state index contributed by atoms with van der Waals surface area (Å²) in [4.78, 5) is 0. The van der Waals surface area contributed by atoms with Gasteiger partial charge in [-0.25, -0.2) is 0 Å². The van der Waals surface area contributed by atoms with E-state index in [1.165, 1.54) is 0 Å². The fourth-order valence-corrected chi connectivity index (χ4v) is 1.95. The normalized spacial score (nSPS) is 12.1. The number of nitrogens with zero attached hydrogens (tertiary/aromatic N) is 2. The number of anilines is 2. The lowest BCUT2D eigenvalue weighted by molar-refractivity contribution is 0.342. The lowest BCUT2D eigenvalue weighted by atomic mass is 10.2. The second kappa shape index (κ2) is 6.13. The Morgan fingerprint density at radius 2 is 2.26 bits per heavy atom. The Bertz CT molecular complexity index is 510. The Morgan fingerprint density at radius 1 is 1.42 bits per heavy atom. The lowest BCUT2D eigenvalue weighted by Gasteiger charge is -2.18. The Morgan fingerprint density at radius 3 is 2.95 bits per heavy atom. The highest BCUT2D eigenvalue weighted by Crippen LogP contribution is 2.29. The average Bonchev–Trinajstić information content (AvgIpc) is 2.87. The van der Waals surface area contributed by atoms with Gasteiger partial charge in [0.05, 0.1) is 24.5 Å². The molecule has 0 saturated heterocycles. The van der Waals surface area contributed by atoms with Crippen molar-refractivity contribution in [3.05, 3.63) is 36.7 Å². The predicted molar refractivity (Wildman–Crippen MR) is 77.3 cm³/mol. The molecule has 5 nitrogen and oxygen atoms in total. The molecule has 0 fully saturated rings. The van der Waals surface area contributed by atoms with Crippen LogP contribution in [0, 0.1) is 0 Å².